The third kappa shape index (κ3) is 4.32. The molecule has 2 aromatic carbocycles. The lowest BCUT2D eigenvalue weighted by molar-refractivity contribution is -0.116. The number of nitrogens with zero attached hydrogens (tertiary/aromatic N) is 1. The Balaban J connectivity index is 1.68. The molecule has 0 radical (unpaired) electrons. The Labute approximate surface area is 152 Å². The van der Waals surface area contributed by atoms with Crippen LogP contribution in [0.1, 0.15) is 17.5 Å². The number of ether oxygens (including phenoxy) is 1. The van der Waals surface area contributed by atoms with Crippen LogP contribution >= 0.6 is 0 Å². The van der Waals surface area contributed by atoms with Gasteiger partial charge in [0.2, 0.25) is 5.91 Å². The molecule has 1 aliphatic rings. The molecule has 0 spiro atoms. The monoisotopic (exact) mass is 358 g/mol. The summed E-state index contributed by atoms with van der Waals surface area (Å²) >= 11 is 0. The summed E-state index contributed by atoms with van der Waals surface area (Å²) in [7, 11) is 0. The van der Waals surface area contributed by atoms with Crippen LogP contribution in [0.4, 0.5) is 15.8 Å². The molecule has 1 amide bonds. The van der Waals surface area contributed by atoms with E-state index in [-0.39, 0.29) is 18.9 Å². The van der Waals surface area contributed by atoms with Crippen LogP contribution in [0.15, 0.2) is 36.4 Å². The number of amides is 1. The average Bonchev–Trinajstić information content (AvgIpc) is 2.74. The SMILES string of the molecule is Cc1ccc(C)c(OCC(O)CN2CCC(=O)Nc3cc(F)ccc32)c1. The lowest BCUT2D eigenvalue weighted by atomic mass is 10.1. The van der Waals surface area contributed by atoms with Gasteiger partial charge in [-0.05, 0) is 49.2 Å². The Bertz CT molecular complexity index is 810. The molecule has 2 N–H and O–H groups in total. The molecule has 3 rings (SSSR count). The Morgan fingerprint density at radius 3 is 2.88 bits per heavy atom. The van der Waals surface area contributed by atoms with E-state index < -0.39 is 11.9 Å². The van der Waals surface area contributed by atoms with Crippen molar-refractivity contribution < 1.29 is 19.0 Å². The van der Waals surface area contributed by atoms with E-state index in [9.17, 15) is 14.3 Å². The van der Waals surface area contributed by atoms with Gasteiger partial charge in [-0.3, -0.25) is 4.79 Å². The number of hydrogen-bond acceptors (Lipinski definition) is 4. The maximum absolute atomic E-state index is 13.5. The van der Waals surface area contributed by atoms with Gasteiger partial charge in [0.1, 0.15) is 24.3 Å². The first kappa shape index (κ1) is 18.2. The molecule has 0 fully saturated rings. The topological polar surface area (TPSA) is 61.8 Å². The summed E-state index contributed by atoms with van der Waals surface area (Å²) in [4.78, 5) is 13.7. The summed E-state index contributed by atoms with van der Waals surface area (Å²) in [6.45, 7) is 4.82. The van der Waals surface area contributed by atoms with Crippen LogP contribution in [0.25, 0.3) is 0 Å². The minimum atomic E-state index is -0.749. The van der Waals surface area contributed by atoms with Crippen LogP contribution < -0.4 is 15.0 Å². The molecule has 26 heavy (non-hydrogen) atoms. The number of aryl methyl sites for hydroxylation is 2. The summed E-state index contributed by atoms with van der Waals surface area (Å²) in [6.07, 6.45) is -0.470. The lowest BCUT2D eigenvalue weighted by Crippen LogP contribution is -2.36. The zero-order valence-corrected chi connectivity index (χ0v) is 15.0. The Morgan fingerprint density at radius 1 is 1.27 bits per heavy atom. The van der Waals surface area contributed by atoms with Crippen molar-refractivity contribution in [3.05, 3.63) is 53.3 Å². The standard InChI is InChI=1S/C20H23FN2O3/c1-13-3-4-14(2)19(9-13)26-12-16(24)11-23-8-7-20(25)22-17-10-15(21)5-6-18(17)23/h3-6,9-10,16,24H,7-8,11-12H2,1-2H3,(H,22,25). The molecule has 1 unspecified atom stereocenters. The lowest BCUT2D eigenvalue weighted by Gasteiger charge is -2.27. The van der Waals surface area contributed by atoms with Gasteiger partial charge in [-0.25, -0.2) is 4.39 Å². The molecule has 1 aliphatic heterocycles. The van der Waals surface area contributed by atoms with Crippen molar-refractivity contribution >= 4 is 17.3 Å². The smallest absolute Gasteiger partial charge is 0.226 e. The zero-order chi connectivity index (χ0) is 18.7. The predicted molar refractivity (Wildman–Crippen MR) is 99.3 cm³/mol. The molecule has 6 heteroatoms. The third-order valence-electron chi connectivity index (χ3n) is 4.39. The van der Waals surface area contributed by atoms with Crippen molar-refractivity contribution in [2.24, 2.45) is 0 Å². The van der Waals surface area contributed by atoms with Crippen molar-refractivity contribution in [2.75, 3.05) is 29.9 Å². The van der Waals surface area contributed by atoms with Gasteiger partial charge in [0.25, 0.3) is 0 Å². The number of benzene rings is 2. The van der Waals surface area contributed by atoms with Gasteiger partial charge >= 0.3 is 0 Å². The van der Waals surface area contributed by atoms with Gasteiger partial charge in [-0.1, -0.05) is 12.1 Å². The van der Waals surface area contributed by atoms with E-state index in [0.717, 1.165) is 16.9 Å². The first-order valence-electron chi connectivity index (χ1n) is 8.65. The van der Waals surface area contributed by atoms with E-state index in [4.69, 9.17) is 4.74 Å². The molecule has 0 bridgehead atoms. The van der Waals surface area contributed by atoms with Crippen LogP contribution in [0.5, 0.6) is 5.75 Å². The molecule has 1 heterocycles. The fourth-order valence-corrected chi connectivity index (χ4v) is 3.00. The molecular weight excluding hydrogens is 335 g/mol. The van der Waals surface area contributed by atoms with Gasteiger partial charge < -0.3 is 20.1 Å². The van der Waals surface area contributed by atoms with Crippen molar-refractivity contribution in [2.45, 2.75) is 26.4 Å². The first-order valence-corrected chi connectivity index (χ1v) is 8.65. The van der Waals surface area contributed by atoms with Gasteiger partial charge in [-0.2, -0.15) is 0 Å². The first-order chi connectivity index (χ1) is 12.4. The summed E-state index contributed by atoms with van der Waals surface area (Å²) in [5.41, 5.74) is 3.22. The number of halogens is 1. The highest BCUT2D eigenvalue weighted by Gasteiger charge is 2.22. The number of carbonyl (C=O) groups is 1. The second-order valence-electron chi connectivity index (χ2n) is 6.64. The van der Waals surface area contributed by atoms with Gasteiger partial charge in [0, 0.05) is 19.5 Å². The molecule has 0 saturated heterocycles. The molecule has 138 valence electrons. The molecule has 0 aromatic heterocycles. The fourth-order valence-electron chi connectivity index (χ4n) is 3.00. The summed E-state index contributed by atoms with van der Waals surface area (Å²) in [5.74, 6) is 0.171. The fraction of sp³-hybridized carbons (Fsp3) is 0.350. The number of carbonyl (C=O) groups excluding carboxylic acids is 1. The highest BCUT2D eigenvalue weighted by molar-refractivity contribution is 5.96. The maximum atomic E-state index is 13.5. The number of aliphatic hydroxyl groups excluding tert-OH is 1. The average molecular weight is 358 g/mol. The van der Waals surface area contributed by atoms with Crippen LogP contribution in [0, 0.1) is 19.7 Å². The molecular formula is C20H23FN2O3. The summed E-state index contributed by atoms with van der Waals surface area (Å²) in [6, 6.07) is 10.2. The van der Waals surface area contributed by atoms with Crippen LogP contribution in [-0.2, 0) is 4.79 Å². The Kier molecular flexibility index (Phi) is 5.42. The second-order valence-corrected chi connectivity index (χ2v) is 6.64. The van der Waals surface area contributed by atoms with Gasteiger partial charge in [0.15, 0.2) is 0 Å². The molecule has 1 atom stereocenters. The number of anilines is 2. The van der Waals surface area contributed by atoms with E-state index in [2.05, 4.69) is 5.32 Å². The molecule has 2 aromatic rings. The minimum absolute atomic E-state index is 0.138. The van der Waals surface area contributed by atoms with Crippen molar-refractivity contribution in [1.29, 1.82) is 0 Å². The van der Waals surface area contributed by atoms with Crippen LogP contribution in [0.3, 0.4) is 0 Å². The van der Waals surface area contributed by atoms with E-state index in [1.54, 1.807) is 6.07 Å². The minimum Gasteiger partial charge on any atom is -0.491 e. The van der Waals surface area contributed by atoms with Crippen LogP contribution in [0.2, 0.25) is 0 Å². The van der Waals surface area contributed by atoms with E-state index in [0.29, 0.717) is 24.5 Å². The van der Waals surface area contributed by atoms with Gasteiger partial charge in [-0.15, -0.1) is 0 Å². The van der Waals surface area contributed by atoms with E-state index in [1.807, 2.05) is 36.9 Å². The summed E-state index contributed by atoms with van der Waals surface area (Å²) in [5, 5.41) is 13.1. The summed E-state index contributed by atoms with van der Waals surface area (Å²) < 4.78 is 19.2. The van der Waals surface area contributed by atoms with Crippen molar-refractivity contribution in [1.82, 2.24) is 0 Å². The second kappa shape index (κ2) is 7.74. The Morgan fingerprint density at radius 2 is 2.08 bits per heavy atom. The van der Waals surface area contributed by atoms with E-state index >= 15 is 0 Å². The number of fused-ring (bicyclic) bond motifs is 1. The number of aliphatic hydroxyl groups is 1. The molecule has 0 saturated carbocycles. The number of β-amino-alcohol motifs (C(OH)–C–C–N with tert-alkyl or cyclic N) is 1. The largest absolute Gasteiger partial charge is 0.491 e. The quantitative estimate of drug-likeness (QED) is 0.862. The van der Waals surface area contributed by atoms with Crippen molar-refractivity contribution in [3.63, 3.8) is 0 Å². The van der Waals surface area contributed by atoms with Gasteiger partial charge in [0.05, 0.1) is 11.4 Å². The highest BCUT2D eigenvalue weighted by atomic mass is 19.1. The molecule has 0 aliphatic carbocycles. The predicted octanol–water partition coefficient (Wildman–Crippen LogP) is 3.03. The maximum Gasteiger partial charge on any atom is 0.226 e. The highest BCUT2D eigenvalue weighted by Crippen LogP contribution is 2.29. The Hall–Kier alpha value is -2.60. The number of rotatable bonds is 5. The third-order valence-corrected chi connectivity index (χ3v) is 4.39. The van der Waals surface area contributed by atoms with Crippen LogP contribution in [-0.4, -0.2) is 36.8 Å². The number of nitrogens with one attached hydrogen (secondary N) is 1. The zero-order valence-electron chi connectivity index (χ0n) is 15.0. The van der Waals surface area contributed by atoms with E-state index in [1.165, 1.54) is 12.1 Å². The normalized spacial score (nSPS) is 15.1. The number of hydrogen-bond donors (Lipinski definition) is 2. The molecule has 5 nitrogen and oxygen atoms in total. The van der Waals surface area contributed by atoms with Crippen molar-refractivity contribution in [3.8, 4) is 5.75 Å².